The van der Waals surface area contributed by atoms with Gasteiger partial charge in [0.05, 0.1) is 23.5 Å². The predicted molar refractivity (Wildman–Crippen MR) is 80.8 cm³/mol. The largest absolute Gasteiger partial charge is 0.494 e. The Morgan fingerprint density at radius 1 is 1.15 bits per heavy atom. The molecule has 2 rings (SSSR count). The third-order valence-corrected chi connectivity index (χ3v) is 2.81. The van der Waals surface area contributed by atoms with E-state index in [1.807, 2.05) is 6.92 Å². The van der Waals surface area contributed by atoms with Crippen LogP contribution in [0.1, 0.15) is 17.3 Å². The Morgan fingerprint density at radius 3 is 2.50 bits per heavy atom. The number of nitrogens with one attached hydrogen (secondary N) is 1. The highest BCUT2D eigenvalue weighted by molar-refractivity contribution is 6.09. The molecule has 5 nitrogen and oxygen atoms in total. The van der Waals surface area contributed by atoms with Gasteiger partial charge < -0.3 is 21.5 Å². The van der Waals surface area contributed by atoms with E-state index < -0.39 is 0 Å². The molecule has 0 aliphatic heterocycles. The minimum Gasteiger partial charge on any atom is -0.494 e. The Morgan fingerprint density at radius 2 is 1.85 bits per heavy atom. The predicted octanol–water partition coefficient (Wildman–Crippen LogP) is 2.50. The first-order valence-electron chi connectivity index (χ1n) is 6.30. The highest BCUT2D eigenvalue weighted by Crippen LogP contribution is 2.21. The molecule has 2 aromatic rings. The van der Waals surface area contributed by atoms with Crippen LogP contribution in [0, 0.1) is 0 Å². The summed E-state index contributed by atoms with van der Waals surface area (Å²) >= 11 is 0. The first-order valence-corrected chi connectivity index (χ1v) is 6.30. The van der Waals surface area contributed by atoms with Crippen molar-refractivity contribution in [3.05, 3.63) is 48.0 Å². The van der Waals surface area contributed by atoms with Crippen molar-refractivity contribution in [2.24, 2.45) is 0 Å². The molecule has 1 amide bonds. The lowest BCUT2D eigenvalue weighted by Gasteiger charge is -2.09. The molecule has 104 valence electrons. The van der Waals surface area contributed by atoms with Crippen molar-refractivity contribution < 1.29 is 9.53 Å². The molecule has 0 aromatic heterocycles. The minimum atomic E-state index is -0.293. The van der Waals surface area contributed by atoms with Gasteiger partial charge in [0.25, 0.3) is 5.91 Å². The summed E-state index contributed by atoms with van der Waals surface area (Å²) < 4.78 is 5.34. The standard InChI is InChI=1S/C15H17N3O2/c1-2-20-11-8-6-10(7-9-11)18-15(19)12-4-3-5-13(16)14(12)17/h3-9H,2,16-17H2,1H3,(H,18,19). The number of nitrogen functional groups attached to an aromatic ring is 2. The summed E-state index contributed by atoms with van der Waals surface area (Å²) in [5.74, 6) is 0.466. The Bertz CT molecular complexity index is 609. The second-order valence-corrected chi connectivity index (χ2v) is 4.22. The van der Waals surface area contributed by atoms with Crippen LogP contribution in [0.2, 0.25) is 0 Å². The summed E-state index contributed by atoms with van der Waals surface area (Å²) in [5, 5.41) is 2.77. The van der Waals surface area contributed by atoms with Crippen molar-refractivity contribution >= 4 is 23.0 Å². The molecule has 0 heterocycles. The van der Waals surface area contributed by atoms with Gasteiger partial charge in [0.2, 0.25) is 0 Å². The van der Waals surface area contributed by atoms with E-state index in [1.54, 1.807) is 42.5 Å². The number of nitrogens with two attached hydrogens (primary N) is 2. The molecule has 0 saturated carbocycles. The maximum Gasteiger partial charge on any atom is 0.257 e. The number of ether oxygens (including phenoxy) is 1. The molecule has 2 aromatic carbocycles. The van der Waals surface area contributed by atoms with Crippen molar-refractivity contribution in [3.63, 3.8) is 0 Å². The zero-order valence-electron chi connectivity index (χ0n) is 11.2. The molecule has 0 atom stereocenters. The second kappa shape index (κ2) is 5.97. The summed E-state index contributed by atoms with van der Waals surface area (Å²) in [6.07, 6.45) is 0. The smallest absolute Gasteiger partial charge is 0.257 e. The van der Waals surface area contributed by atoms with Crippen LogP contribution in [0.4, 0.5) is 17.1 Å². The first-order chi connectivity index (χ1) is 9.61. The lowest BCUT2D eigenvalue weighted by molar-refractivity contribution is 0.102. The number of benzene rings is 2. The number of rotatable bonds is 4. The Labute approximate surface area is 117 Å². The van der Waals surface area contributed by atoms with Gasteiger partial charge in [-0.3, -0.25) is 4.79 Å². The van der Waals surface area contributed by atoms with Gasteiger partial charge in [0.1, 0.15) is 5.75 Å². The van der Waals surface area contributed by atoms with Crippen LogP contribution in [0.15, 0.2) is 42.5 Å². The van der Waals surface area contributed by atoms with Gasteiger partial charge in [0.15, 0.2) is 0 Å². The number of anilines is 3. The highest BCUT2D eigenvalue weighted by Gasteiger charge is 2.11. The zero-order chi connectivity index (χ0) is 14.5. The maximum absolute atomic E-state index is 12.1. The molecule has 0 bridgehead atoms. The van der Waals surface area contributed by atoms with Crippen molar-refractivity contribution in [1.29, 1.82) is 0 Å². The highest BCUT2D eigenvalue weighted by atomic mass is 16.5. The van der Waals surface area contributed by atoms with E-state index in [9.17, 15) is 4.79 Å². The molecule has 0 saturated heterocycles. The molecule has 0 unspecified atom stereocenters. The van der Waals surface area contributed by atoms with E-state index in [1.165, 1.54) is 0 Å². The molecule has 20 heavy (non-hydrogen) atoms. The SMILES string of the molecule is CCOc1ccc(NC(=O)c2cccc(N)c2N)cc1. The summed E-state index contributed by atoms with van der Waals surface area (Å²) in [4.78, 5) is 12.1. The number of carbonyl (C=O) groups is 1. The fourth-order valence-electron chi connectivity index (χ4n) is 1.78. The maximum atomic E-state index is 12.1. The monoisotopic (exact) mass is 271 g/mol. The average Bonchev–Trinajstić information content (AvgIpc) is 2.44. The van der Waals surface area contributed by atoms with Crippen molar-refractivity contribution in [2.75, 3.05) is 23.4 Å². The molecule has 0 radical (unpaired) electrons. The van der Waals surface area contributed by atoms with E-state index in [4.69, 9.17) is 16.2 Å². The van der Waals surface area contributed by atoms with Crippen LogP contribution >= 0.6 is 0 Å². The topological polar surface area (TPSA) is 90.4 Å². The van der Waals surface area contributed by atoms with Gasteiger partial charge in [-0.25, -0.2) is 0 Å². The van der Waals surface area contributed by atoms with Gasteiger partial charge in [0, 0.05) is 5.69 Å². The number of hydrogen-bond donors (Lipinski definition) is 3. The van der Waals surface area contributed by atoms with E-state index >= 15 is 0 Å². The fraction of sp³-hybridized carbons (Fsp3) is 0.133. The average molecular weight is 271 g/mol. The summed E-state index contributed by atoms with van der Waals surface area (Å²) in [6.45, 7) is 2.52. The van der Waals surface area contributed by atoms with E-state index in [0.29, 0.717) is 23.5 Å². The fourth-order valence-corrected chi connectivity index (χ4v) is 1.78. The quantitative estimate of drug-likeness (QED) is 0.745. The molecular weight excluding hydrogens is 254 g/mol. The van der Waals surface area contributed by atoms with Crippen LogP contribution in [0.5, 0.6) is 5.75 Å². The van der Waals surface area contributed by atoms with Crippen LogP contribution in [0.3, 0.4) is 0 Å². The molecule has 0 fully saturated rings. The molecule has 5 heteroatoms. The van der Waals surface area contributed by atoms with Gasteiger partial charge in [-0.05, 0) is 43.3 Å². The Balaban J connectivity index is 2.13. The van der Waals surface area contributed by atoms with Gasteiger partial charge in [-0.1, -0.05) is 6.07 Å². The van der Waals surface area contributed by atoms with Crippen molar-refractivity contribution in [2.45, 2.75) is 6.92 Å². The zero-order valence-corrected chi connectivity index (χ0v) is 11.2. The lowest BCUT2D eigenvalue weighted by atomic mass is 10.1. The number of amides is 1. The first kappa shape index (κ1) is 13.7. The number of hydrogen-bond acceptors (Lipinski definition) is 4. The summed E-state index contributed by atoms with van der Waals surface area (Å²) in [6, 6.07) is 12.1. The van der Waals surface area contributed by atoms with Gasteiger partial charge in [-0.2, -0.15) is 0 Å². The van der Waals surface area contributed by atoms with Gasteiger partial charge in [-0.15, -0.1) is 0 Å². The molecule has 0 spiro atoms. The molecule has 0 aliphatic rings. The second-order valence-electron chi connectivity index (χ2n) is 4.22. The van der Waals surface area contributed by atoms with E-state index in [2.05, 4.69) is 5.32 Å². The van der Waals surface area contributed by atoms with Crippen LogP contribution in [0.25, 0.3) is 0 Å². The van der Waals surface area contributed by atoms with Crippen molar-refractivity contribution in [1.82, 2.24) is 0 Å². The summed E-state index contributed by atoms with van der Waals surface area (Å²) in [7, 11) is 0. The number of carbonyl (C=O) groups excluding carboxylic acids is 1. The lowest BCUT2D eigenvalue weighted by Crippen LogP contribution is -2.14. The Hall–Kier alpha value is -2.69. The van der Waals surface area contributed by atoms with Crippen LogP contribution < -0.4 is 21.5 Å². The number of para-hydroxylation sites is 1. The third-order valence-electron chi connectivity index (χ3n) is 2.81. The molecule has 0 aliphatic carbocycles. The van der Waals surface area contributed by atoms with E-state index in [0.717, 1.165) is 5.75 Å². The molecule has 5 N–H and O–H groups in total. The van der Waals surface area contributed by atoms with Crippen LogP contribution in [-0.4, -0.2) is 12.5 Å². The van der Waals surface area contributed by atoms with Gasteiger partial charge >= 0.3 is 0 Å². The summed E-state index contributed by atoms with van der Waals surface area (Å²) in [5.41, 5.74) is 13.2. The molecular formula is C15H17N3O2. The van der Waals surface area contributed by atoms with E-state index in [-0.39, 0.29) is 11.6 Å². The normalized spacial score (nSPS) is 10.1. The van der Waals surface area contributed by atoms with Crippen molar-refractivity contribution in [3.8, 4) is 5.75 Å². The minimum absolute atomic E-state index is 0.288. The third kappa shape index (κ3) is 3.00. The Kier molecular flexibility index (Phi) is 4.10. The van der Waals surface area contributed by atoms with Crippen LogP contribution in [-0.2, 0) is 0 Å².